The van der Waals surface area contributed by atoms with Crippen LogP contribution in [0.4, 0.5) is 0 Å². The highest BCUT2D eigenvalue weighted by molar-refractivity contribution is 6.70. The van der Waals surface area contributed by atoms with E-state index in [4.69, 9.17) is 8.85 Å². The molecule has 0 aromatic carbocycles. The van der Waals surface area contributed by atoms with Gasteiger partial charge >= 0.3 is 8.56 Å². The molecule has 0 aromatic rings. The van der Waals surface area contributed by atoms with Gasteiger partial charge in [0.05, 0.1) is 0 Å². The Labute approximate surface area is 171 Å². The smallest absolute Gasteiger partial charge is 0.345 e. The van der Waals surface area contributed by atoms with E-state index in [0.29, 0.717) is 21.9 Å². The first-order chi connectivity index (χ1) is 12.6. The third-order valence-electron chi connectivity index (χ3n) is 7.53. The second kappa shape index (κ2) is 9.30. The lowest BCUT2D eigenvalue weighted by atomic mass is 9.71. The van der Waals surface area contributed by atoms with Gasteiger partial charge in [-0.05, 0) is 62.2 Å². The van der Waals surface area contributed by atoms with Gasteiger partial charge in [0, 0.05) is 24.3 Å². The molecule has 2 fully saturated rings. The van der Waals surface area contributed by atoms with Crippen molar-refractivity contribution >= 4 is 8.56 Å². The highest BCUT2D eigenvalue weighted by atomic mass is 28.4. The third-order valence-corrected chi connectivity index (χ3v) is 12.5. The average Bonchev–Trinajstić information content (AvgIpc) is 2.60. The van der Waals surface area contributed by atoms with Crippen LogP contribution in [-0.2, 0) is 8.85 Å². The van der Waals surface area contributed by atoms with Crippen molar-refractivity contribution in [2.24, 2.45) is 22.7 Å². The Morgan fingerprint density at radius 2 is 0.963 bits per heavy atom. The van der Waals surface area contributed by atoms with Crippen molar-refractivity contribution in [3.63, 3.8) is 0 Å². The maximum Gasteiger partial charge on any atom is 0.345 e. The minimum Gasteiger partial charge on any atom is -0.394 e. The fourth-order valence-electron chi connectivity index (χ4n) is 6.49. The lowest BCUT2D eigenvalue weighted by molar-refractivity contribution is 0.0750. The Bertz CT molecular complexity index is 406. The van der Waals surface area contributed by atoms with Crippen LogP contribution in [0.3, 0.4) is 0 Å². The largest absolute Gasteiger partial charge is 0.394 e. The molecule has 160 valence electrons. The highest BCUT2D eigenvalue weighted by Gasteiger charge is 2.60. The van der Waals surface area contributed by atoms with Crippen molar-refractivity contribution in [1.29, 1.82) is 0 Å². The normalized spacial score (nSPS) is 31.1. The van der Waals surface area contributed by atoms with Crippen molar-refractivity contribution in [1.82, 2.24) is 0 Å². The summed E-state index contributed by atoms with van der Waals surface area (Å²) in [5.74, 6) is 1.47. The van der Waals surface area contributed by atoms with Gasteiger partial charge in [0.25, 0.3) is 0 Å². The van der Waals surface area contributed by atoms with Crippen LogP contribution in [0.1, 0.15) is 107 Å². The van der Waals surface area contributed by atoms with Gasteiger partial charge < -0.3 is 8.85 Å². The van der Waals surface area contributed by atoms with Gasteiger partial charge in [0.2, 0.25) is 0 Å². The van der Waals surface area contributed by atoms with Crippen LogP contribution in [0.15, 0.2) is 0 Å². The minimum absolute atomic E-state index is 0.337. The predicted molar refractivity (Wildman–Crippen MR) is 119 cm³/mol. The zero-order valence-electron chi connectivity index (χ0n) is 19.7. The molecule has 0 aromatic heterocycles. The molecular formula is C24H48O2Si. The number of hydrogen-bond acceptors (Lipinski definition) is 2. The molecule has 0 heterocycles. The van der Waals surface area contributed by atoms with E-state index in [9.17, 15) is 0 Å². The van der Waals surface area contributed by atoms with Gasteiger partial charge in [-0.25, -0.2) is 0 Å². The first-order valence-corrected chi connectivity index (χ1v) is 13.8. The van der Waals surface area contributed by atoms with Crippen molar-refractivity contribution < 1.29 is 8.85 Å². The van der Waals surface area contributed by atoms with Crippen LogP contribution in [0.25, 0.3) is 0 Å². The molecule has 4 unspecified atom stereocenters. The first kappa shape index (κ1) is 23.4. The lowest BCUT2D eigenvalue weighted by Gasteiger charge is -2.54. The van der Waals surface area contributed by atoms with Crippen molar-refractivity contribution in [2.75, 3.05) is 13.2 Å². The standard InChI is InChI=1S/C24H48O2Si/c1-9-25-27(26-10-2,21-17-13-11-15-19(21)23(3,4)5)22-18-14-12-16-20(22)24(6,7)8/h19-22H,9-18H2,1-8H3. The van der Waals surface area contributed by atoms with Crippen LogP contribution in [0, 0.1) is 22.7 Å². The van der Waals surface area contributed by atoms with E-state index in [0.717, 1.165) is 25.0 Å². The summed E-state index contributed by atoms with van der Waals surface area (Å²) in [5.41, 5.74) is 1.98. The fourth-order valence-corrected chi connectivity index (χ4v) is 12.6. The third kappa shape index (κ3) is 5.20. The molecule has 3 heteroatoms. The molecule has 0 N–H and O–H groups in total. The van der Waals surface area contributed by atoms with Crippen LogP contribution < -0.4 is 0 Å². The van der Waals surface area contributed by atoms with E-state index in [2.05, 4.69) is 55.4 Å². The van der Waals surface area contributed by atoms with Gasteiger partial charge in [-0.15, -0.1) is 0 Å². The van der Waals surface area contributed by atoms with E-state index in [1.165, 1.54) is 51.4 Å². The summed E-state index contributed by atoms with van der Waals surface area (Å²) in [4.78, 5) is 0. The van der Waals surface area contributed by atoms with Crippen LogP contribution in [-0.4, -0.2) is 21.8 Å². The minimum atomic E-state index is -2.34. The van der Waals surface area contributed by atoms with Crippen molar-refractivity contribution in [2.45, 2.75) is 118 Å². The molecule has 27 heavy (non-hydrogen) atoms. The maximum atomic E-state index is 6.92. The van der Waals surface area contributed by atoms with Gasteiger partial charge in [-0.2, -0.15) is 0 Å². The van der Waals surface area contributed by atoms with E-state index in [1.807, 2.05) is 0 Å². The summed E-state index contributed by atoms with van der Waals surface area (Å²) < 4.78 is 13.8. The summed E-state index contributed by atoms with van der Waals surface area (Å²) in [6, 6.07) is 0. The molecule has 4 atom stereocenters. The lowest BCUT2D eigenvalue weighted by Crippen LogP contribution is -2.58. The topological polar surface area (TPSA) is 18.5 Å². The second-order valence-electron chi connectivity index (χ2n) is 11.3. The second-order valence-corrected chi connectivity index (χ2v) is 14.8. The van der Waals surface area contributed by atoms with Crippen LogP contribution in [0.2, 0.25) is 11.1 Å². The highest BCUT2D eigenvalue weighted by Crippen LogP contribution is 2.59. The van der Waals surface area contributed by atoms with E-state index in [1.54, 1.807) is 0 Å². The van der Waals surface area contributed by atoms with Gasteiger partial charge in [-0.1, -0.05) is 67.2 Å². The molecule has 0 aliphatic heterocycles. The van der Waals surface area contributed by atoms with E-state index >= 15 is 0 Å². The molecule has 2 nitrogen and oxygen atoms in total. The zero-order chi connectivity index (χ0) is 20.3. The average molecular weight is 397 g/mol. The summed E-state index contributed by atoms with van der Waals surface area (Å²) in [6.07, 6.45) is 10.8. The number of hydrogen-bond donors (Lipinski definition) is 0. The van der Waals surface area contributed by atoms with Crippen molar-refractivity contribution in [3.8, 4) is 0 Å². The zero-order valence-corrected chi connectivity index (χ0v) is 20.7. The van der Waals surface area contributed by atoms with Gasteiger partial charge in [0.15, 0.2) is 0 Å². The summed E-state index contributed by atoms with van der Waals surface area (Å²) in [6.45, 7) is 20.7. The molecule has 2 aliphatic carbocycles. The quantitative estimate of drug-likeness (QED) is 0.428. The summed E-state index contributed by atoms with van der Waals surface area (Å²) in [7, 11) is -2.34. The Morgan fingerprint density at radius 1 is 0.630 bits per heavy atom. The maximum absolute atomic E-state index is 6.92. The number of rotatable bonds is 6. The molecule has 0 spiro atoms. The predicted octanol–water partition coefficient (Wildman–Crippen LogP) is 7.71. The monoisotopic (exact) mass is 396 g/mol. The first-order valence-electron chi connectivity index (χ1n) is 11.9. The molecule has 2 aliphatic rings. The van der Waals surface area contributed by atoms with Crippen LogP contribution in [0.5, 0.6) is 0 Å². The van der Waals surface area contributed by atoms with E-state index < -0.39 is 8.56 Å². The Balaban J connectivity index is 2.52. The molecule has 0 amide bonds. The molecule has 2 saturated carbocycles. The van der Waals surface area contributed by atoms with Gasteiger partial charge in [-0.3, -0.25) is 0 Å². The molecular weight excluding hydrogens is 348 g/mol. The Kier molecular flexibility index (Phi) is 8.07. The Hall–Kier alpha value is 0.137. The molecule has 2 rings (SSSR count). The molecule has 0 saturated heterocycles. The van der Waals surface area contributed by atoms with Crippen molar-refractivity contribution in [3.05, 3.63) is 0 Å². The summed E-state index contributed by atoms with van der Waals surface area (Å²) in [5, 5.41) is 0. The SMILES string of the molecule is CCO[Si](OCC)(C1CCCCC1C(C)(C)C)C1CCCCC1C(C)(C)C. The summed E-state index contributed by atoms with van der Waals surface area (Å²) >= 11 is 0. The molecule has 0 radical (unpaired) electrons. The van der Waals surface area contributed by atoms with Gasteiger partial charge in [0.1, 0.15) is 0 Å². The fraction of sp³-hybridized carbons (Fsp3) is 1.00. The van der Waals surface area contributed by atoms with E-state index in [-0.39, 0.29) is 0 Å². The molecule has 0 bridgehead atoms. The Morgan fingerprint density at radius 3 is 1.26 bits per heavy atom. The van der Waals surface area contributed by atoms with Crippen LogP contribution >= 0.6 is 0 Å².